The molecule has 0 radical (unpaired) electrons. The summed E-state index contributed by atoms with van der Waals surface area (Å²) >= 11 is 0. The number of anilines is 1. The zero-order chi connectivity index (χ0) is 13.8. The Morgan fingerprint density at radius 1 is 1.58 bits per heavy atom. The molecule has 1 fully saturated rings. The molecule has 2 atom stereocenters. The molecule has 19 heavy (non-hydrogen) atoms. The second-order valence-electron chi connectivity index (χ2n) is 4.46. The maximum absolute atomic E-state index is 11.2. The van der Waals surface area contributed by atoms with Gasteiger partial charge in [-0.2, -0.15) is 4.98 Å². The van der Waals surface area contributed by atoms with E-state index < -0.39 is 18.1 Å². The topological polar surface area (TPSA) is 95.8 Å². The molecule has 1 aliphatic rings. The predicted molar refractivity (Wildman–Crippen MR) is 67.2 cm³/mol. The number of hydrogen-bond donors (Lipinski definition) is 2. The van der Waals surface area contributed by atoms with Crippen molar-refractivity contribution in [1.29, 1.82) is 0 Å². The number of ether oxygens (including phenoxy) is 1. The van der Waals surface area contributed by atoms with Gasteiger partial charge in [-0.15, -0.1) is 0 Å². The largest absolute Gasteiger partial charge is 0.480 e. The Morgan fingerprint density at radius 3 is 3.05 bits per heavy atom. The minimum Gasteiger partial charge on any atom is -0.480 e. The van der Waals surface area contributed by atoms with Crippen molar-refractivity contribution in [3.63, 3.8) is 0 Å². The van der Waals surface area contributed by atoms with E-state index >= 15 is 0 Å². The summed E-state index contributed by atoms with van der Waals surface area (Å²) in [5, 5.41) is 18.7. The molecule has 2 heterocycles. The molecule has 2 N–H and O–H groups in total. The first-order valence-corrected chi connectivity index (χ1v) is 6.24. The third kappa shape index (κ3) is 3.11. The average molecular weight is 267 g/mol. The molecule has 1 aromatic rings. The third-order valence-corrected chi connectivity index (χ3v) is 2.91. The highest BCUT2D eigenvalue weighted by Gasteiger charge is 2.37. The van der Waals surface area contributed by atoms with Crippen LogP contribution in [-0.4, -0.2) is 51.4 Å². The summed E-state index contributed by atoms with van der Waals surface area (Å²) in [6.45, 7) is 2.75. The Bertz CT molecular complexity index is 454. The minimum absolute atomic E-state index is 0.192. The van der Waals surface area contributed by atoms with Crippen LogP contribution >= 0.6 is 0 Å². The van der Waals surface area contributed by atoms with Gasteiger partial charge in [0.05, 0.1) is 25.1 Å². The molecule has 0 spiro atoms. The van der Waals surface area contributed by atoms with E-state index in [4.69, 9.17) is 9.84 Å². The molecule has 0 bridgehead atoms. The van der Waals surface area contributed by atoms with Crippen LogP contribution in [-0.2, 0) is 4.79 Å². The van der Waals surface area contributed by atoms with Gasteiger partial charge in [-0.3, -0.25) is 4.98 Å². The standard InChI is InChI=1S/C12H17N3O4/c1-2-3-19-11-6-13-5-10(14-11)15-7-8(16)4-9(15)12(17)18/h5-6,8-9,16H,2-4,7H2,1H3,(H,17,18). The number of nitrogens with zero attached hydrogens (tertiary/aromatic N) is 3. The van der Waals surface area contributed by atoms with E-state index in [1.165, 1.54) is 12.4 Å². The van der Waals surface area contributed by atoms with Gasteiger partial charge in [-0.25, -0.2) is 4.79 Å². The number of rotatable bonds is 5. The first kappa shape index (κ1) is 13.5. The van der Waals surface area contributed by atoms with Gasteiger partial charge in [-0.05, 0) is 6.42 Å². The second-order valence-corrected chi connectivity index (χ2v) is 4.46. The van der Waals surface area contributed by atoms with Crippen molar-refractivity contribution in [2.45, 2.75) is 31.9 Å². The summed E-state index contributed by atoms with van der Waals surface area (Å²) in [6.07, 6.45) is 3.35. The summed E-state index contributed by atoms with van der Waals surface area (Å²) in [6, 6.07) is -0.772. The Hall–Kier alpha value is -1.89. The number of β-amino-alcohol motifs (C(OH)–C–C–N with tert-alkyl or cyclic N) is 1. The van der Waals surface area contributed by atoms with Gasteiger partial charge in [0, 0.05) is 13.0 Å². The van der Waals surface area contributed by atoms with Crippen molar-refractivity contribution >= 4 is 11.8 Å². The second kappa shape index (κ2) is 5.83. The summed E-state index contributed by atoms with van der Waals surface area (Å²) < 4.78 is 5.37. The van der Waals surface area contributed by atoms with E-state index in [1.807, 2.05) is 6.92 Å². The molecular weight excluding hydrogens is 250 g/mol. The normalized spacial score (nSPS) is 22.5. The maximum Gasteiger partial charge on any atom is 0.326 e. The summed E-state index contributed by atoms with van der Waals surface area (Å²) in [5.74, 6) is -0.194. The molecule has 0 amide bonds. The molecule has 0 saturated carbocycles. The Labute approximate surface area is 110 Å². The molecule has 7 heteroatoms. The Kier molecular flexibility index (Phi) is 4.16. The van der Waals surface area contributed by atoms with Crippen LogP contribution in [0.3, 0.4) is 0 Å². The lowest BCUT2D eigenvalue weighted by Gasteiger charge is -2.21. The lowest BCUT2D eigenvalue weighted by Crippen LogP contribution is -2.36. The molecular formula is C12H17N3O4. The first-order chi connectivity index (χ1) is 9.11. The number of carboxylic acid groups (broad SMARTS) is 1. The summed E-state index contributed by atoms with van der Waals surface area (Å²) in [5.41, 5.74) is 0. The highest BCUT2D eigenvalue weighted by atomic mass is 16.5. The van der Waals surface area contributed by atoms with Crippen LogP contribution < -0.4 is 9.64 Å². The molecule has 7 nitrogen and oxygen atoms in total. The van der Waals surface area contributed by atoms with E-state index in [0.717, 1.165) is 6.42 Å². The van der Waals surface area contributed by atoms with E-state index in [2.05, 4.69) is 9.97 Å². The monoisotopic (exact) mass is 267 g/mol. The van der Waals surface area contributed by atoms with Crippen LogP contribution in [0.15, 0.2) is 12.4 Å². The van der Waals surface area contributed by atoms with E-state index in [-0.39, 0.29) is 13.0 Å². The van der Waals surface area contributed by atoms with Crippen molar-refractivity contribution in [3.05, 3.63) is 12.4 Å². The number of aliphatic carboxylic acids is 1. The smallest absolute Gasteiger partial charge is 0.326 e. The van der Waals surface area contributed by atoms with E-state index in [9.17, 15) is 9.90 Å². The Morgan fingerprint density at radius 2 is 2.37 bits per heavy atom. The van der Waals surface area contributed by atoms with Crippen LogP contribution in [0.25, 0.3) is 0 Å². The number of hydrogen-bond acceptors (Lipinski definition) is 6. The van der Waals surface area contributed by atoms with Crippen molar-refractivity contribution in [3.8, 4) is 5.88 Å². The molecule has 104 valence electrons. The van der Waals surface area contributed by atoms with Gasteiger partial charge in [0.1, 0.15) is 6.04 Å². The molecule has 1 aromatic heterocycles. The number of aliphatic hydroxyl groups excluding tert-OH is 1. The summed E-state index contributed by atoms with van der Waals surface area (Å²) in [7, 11) is 0. The van der Waals surface area contributed by atoms with Gasteiger partial charge in [0.25, 0.3) is 0 Å². The van der Waals surface area contributed by atoms with Gasteiger partial charge < -0.3 is 19.8 Å². The van der Waals surface area contributed by atoms with Gasteiger partial charge in [0.15, 0.2) is 5.82 Å². The number of aromatic nitrogens is 2. The van der Waals surface area contributed by atoms with Gasteiger partial charge >= 0.3 is 5.97 Å². The molecule has 1 saturated heterocycles. The fourth-order valence-electron chi connectivity index (χ4n) is 2.05. The van der Waals surface area contributed by atoms with E-state index in [0.29, 0.717) is 18.3 Å². The lowest BCUT2D eigenvalue weighted by molar-refractivity contribution is -0.138. The molecule has 0 aromatic carbocycles. The summed E-state index contributed by atoms with van der Waals surface area (Å²) in [4.78, 5) is 20.9. The van der Waals surface area contributed by atoms with Crippen LogP contribution in [0.1, 0.15) is 19.8 Å². The van der Waals surface area contributed by atoms with Gasteiger partial charge in [-0.1, -0.05) is 6.92 Å². The van der Waals surface area contributed by atoms with Crippen LogP contribution in [0.5, 0.6) is 5.88 Å². The number of carbonyl (C=O) groups is 1. The highest BCUT2D eigenvalue weighted by molar-refractivity contribution is 5.78. The van der Waals surface area contributed by atoms with Crippen molar-refractivity contribution < 1.29 is 19.7 Å². The average Bonchev–Trinajstić information content (AvgIpc) is 2.79. The van der Waals surface area contributed by atoms with Crippen molar-refractivity contribution in [1.82, 2.24) is 9.97 Å². The fourth-order valence-corrected chi connectivity index (χ4v) is 2.05. The zero-order valence-corrected chi connectivity index (χ0v) is 10.7. The zero-order valence-electron chi connectivity index (χ0n) is 10.7. The van der Waals surface area contributed by atoms with Crippen molar-refractivity contribution in [2.24, 2.45) is 0 Å². The first-order valence-electron chi connectivity index (χ1n) is 6.24. The number of aliphatic hydroxyl groups is 1. The van der Waals surface area contributed by atoms with Crippen LogP contribution in [0.4, 0.5) is 5.82 Å². The predicted octanol–water partition coefficient (Wildman–Crippen LogP) is 0.290. The van der Waals surface area contributed by atoms with Crippen LogP contribution in [0.2, 0.25) is 0 Å². The molecule has 2 unspecified atom stereocenters. The molecule has 0 aliphatic carbocycles. The SMILES string of the molecule is CCCOc1cncc(N2CC(O)CC2C(=O)O)n1. The lowest BCUT2D eigenvalue weighted by atomic mass is 10.2. The third-order valence-electron chi connectivity index (χ3n) is 2.91. The quantitative estimate of drug-likeness (QED) is 0.791. The minimum atomic E-state index is -0.974. The van der Waals surface area contributed by atoms with E-state index in [1.54, 1.807) is 4.90 Å². The highest BCUT2D eigenvalue weighted by Crippen LogP contribution is 2.25. The number of carboxylic acids is 1. The van der Waals surface area contributed by atoms with Gasteiger partial charge in [0.2, 0.25) is 5.88 Å². The fraction of sp³-hybridized carbons (Fsp3) is 0.583. The molecule has 2 rings (SSSR count). The van der Waals surface area contributed by atoms with Crippen molar-refractivity contribution in [2.75, 3.05) is 18.1 Å². The molecule has 1 aliphatic heterocycles. The van der Waals surface area contributed by atoms with Crippen LogP contribution in [0, 0.1) is 0 Å². The maximum atomic E-state index is 11.2. The Balaban J connectivity index is 2.18.